The molecule has 1 saturated heterocycles. The van der Waals surface area contributed by atoms with Crippen molar-refractivity contribution in [1.29, 1.82) is 0 Å². The fourth-order valence-electron chi connectivity index (χ4n) is 3.24. The van der Waals surface area contributed by atoms with Crippen molar-refractivity contribution in [3.05, 3.63) is 34.9 Å². The second-order valence-electron chi connectivity index (χ2n) is 7.32. The van der Waals surface area contributed by atoms with E-state index in [1.54, 1.807) is 7.05 Å². The van der Waals surface area contributed by atoms with E-state index >= 15 is 0 Å². The minimum Gasteiger partial charge on any atom is -0.342 e. The third-order valence-corrected chi connectivity index (χ3v) is 5.02. The Labute approximate surface area is 153 Å². The maximum Gasteiger partial charge on any atom is 0.416 e. The number of nitrogens with one attached hydrogen (secondary N) is 1. The smallest absolute Gasteiger partial charge is 0.342 e. The Morgan fingerprint density at radius 3 is 1.74 bits per heavy atom. The van der Waals surface area contributed by atoms with Crippen molar-refractivity contribution in [2.75, 3.05) is 20.1 Å². The van der Waals surface area contributed by atoms with Crippen LogP contribution in [0.3, 0.4) is 0 Å². The Morgan fingerprint density at radius 2 is 1.33 bits per heavy atom. The molecule has 1 aliphatic heterocycles. The van der Waals surface area contributed by atoms with Gasteiger partial charge in [-0.25, -0.2) is 0 Å². The van der Waals surface area contributed by atoms with E-state index in [2.05, 4.69) is 5.32 Å². The number of likely N-dealkylation sites (N-methyl/N-ethyl adjacent to an activating group) is 1. The van der Waals surface area contributed by atoms with Crippen LogP contribution in [0.4, 0.5) is 26.3 Å². The fourth-order valence-corrected chi connectivity index (χ4v) is 3.24. The monoisotopic (exact) mass is 396 g/mol. The average Bonchev–Trinajstić information content (AvgIpc) is 2.59. The van der Waals surface area contributed by atoms with Gasteiger partial charge in [-0.05, 0) is 63.5 Å². The Morgan fingerprint density at radius 1 is 0.926 bits per heavy atom. The molecule has 9 heteroatoms. The molecule has 1 fully saturated rings. The number of rotatable bonds is 3. The molecule has 27 heavy (non-hydrogen) atoms. The molecule has 1 amide bonds. The van der Waals surface area contributed by atoms with Crippen molar-refractivity contribution in [3.63, 3.8) is 0 Å². The number of nitrogens with zero attached hydrogens (tertiary/aromatic N) is 1. The molecular formula is C18H22F6N2O. The topological polar surface area (TPSA) is 32.3 Å². The molecule has 1 N–H and O–H groups in total. The Bertz CT molecular complexity index is 658. The van der Waals surface area contributed by atoms with Crippen LogP contribution < -0.4 is 5.32 Å². The van der Waals surface area contributed by atoms with Gasteiger partial charge >= 0.3 is 12.4 Å². The lowest BCUT2D eigenvalue weighted by atomic mass is 9.81. The van der Waals surface area contributed by atoms with E-state index in [4.69, 9.17) is 0 Å². The zero-order valence-electron chi connectivity index (χ0n) is 15.3. The SMILES string of the molecule is CN(C(=O)C(C)(C)c1cc(C(F)(F)F)cc(C(F)(F)F)c1)C1CCNCC1. The second-order valence-corrected chi connectivity index (χ2v) is 7.32. The summed E-state index contributed by atoms with van der Waals surface area (Å²) in [6, 6.07) is 1.22. The summed E-state index contributed by atoms with van der Waals surface area (Å²) in [5, 5.41) is 3.14. The van der Waals surface area contributed by atoms with Crippen molar-refractivity contribution in [3.8, 4) is 0 Å². The van der Waals surface area contributed by atoms with E-state index in [1.807, 2.05) is 0 Å². The van der Waals surface area contributed by atoms with Crippen LogP contribution in [0, 0.1) is 0 Å². The number of benzene rings is 1. The van der Waals surface area contributed by atoms with Gasteiger partial charge in [-0.2, -0.15) is 26.3 Å². The van der Waals surface area contributed by atoms with Crippen molar-refractivity contribution in [2.45, 2.75) is 50.5 Å². The molecule has 1 aliphatic rings. The van der Waals surface area contributed by atoms with E-state index in [0.29, 0.717) is 38.1 Å². The summed E-state index contributed by atoms with van der Waals surface area (Å²) in [5.41, 5.74) is -4.69. The number of amides is 1. The highest BCUT2D eigenvalue weighted by Crippen LogP contribution is 2.39. The first-order chi connectivity index (χ1) is 12.2. The first-order valence-corrected chi connectivity index (χ1v) is 8.52. The van der Waals surface area contributed by atoms with Gasteiger partial charge in [0.05, 0.1) is 16.5 Å². The summed E-state index contributed by atoms with van der Waals surface area (Å²) < 4.78 is 78.6. The maximum absolute atomic E-state index is 13.1. The van der Waals surface area contributed by atoms with Crippen LogP contribution in [0.15, 0.2) is 18.2 Å². The van der Waals surface area contributed by atoms with Crippen LogP contribution >= 0.6 is 0 Å². The highest BCUT2D eigenvalue weighted by Gasteiger charge is 2.41. The van der Waals surface area contributed by atoms with Crippen molar-refractivity contribution >= 4 is 5.91 Å². The lowest BCUT2D eigenvalue weighted by Gasteiger charge is -2.37. The van der Waals surface area contributed by atoms with Crippen LogP contribution in [0.25, 0.3) is 0 Å². The predicted molar refractivity (Wildman–Crippen MR) is 88.1 cm³/mol. The van der Waals surface area contributed by atoms with Gasteiger partial charge in [0, 0.05) is 13.1 Å². The first kappa shape index (κ1) is 21.5. The second kappa shape index (κ2) is 7.33. The zero-order chi connectivity index (χ0) is 20.6. The number of alkyl halides is 6. The minimum absolute atomic E-state index is 0.0700. The summed E-state index contributed by atoms with van der Waals surface area (Å²) in [5.74, 6) is -0.512. The molecule has 0 bridgehead atoms. The van der Waals surface area contributed by atoms with Gasteiger partial charge < -0.3 is 10.2 Å². The lowest BCUT2D eigenvalue weighted by molar-refractivity contribution is -0.144. The maximum atomic E-state index is 13.1. The summed E-state index contributed by atoms with van der Waals surface area (Å²) in [7, 11) is 1.54. The van der Waals surface area contributed by atoms with Crippen LogP contribution in [-0.4, -0.2) is 37.0 Å². The largest absolute Gasteiger partial charge is 0.416 e. The quantitative estimate of drug-likeness (QED) is 0.777. The van der Waals surface area contributed by atoms with Crippen LogP contribution in [0.2, 0.25) is 0 Å². The summed E-state index contributed by atoms with van der Waals surface area (Å²) in [4.78, 5) is 14.4. The fraction of sp³-hybridized carbons (Fsp3) is 0.611. The molecular weight excluding hydrogens is 374 g/mol. The number of halogens is 6. The first-order valence-electron chi connectivity index (χ1n) is 8.52. The minimum atomic E-state index is -4.95. The molecule has 0 aliphatic carbocycles. The number of hydrogen-bond donors (Lipinski definition) is 1. The van der Waals surface area contributed by atoms with Crippen molar-refractivity contribution < 1.29 is 31.1 Å². The summed E-state index contributed by atoms with van der Waals surface area (Å²) in [6.45, 7) is 4.10. The third-order valence-electron chi connectivity index (χ3n) is 5.02. The van der Waals surface area contributed by atoms with Gasteiger partial charge in [0.15, 0.2) is 0 Å². The number of carbonyl (C=O) groups is 1. The van der Waals surface area contributed by atoms with E-state index in [0.717, 1.165) is 0 Å². The van der Waals surface area contributed by atoms with Gasteiger partial charge in [0.25, 0.3) is 0 Å². The summed E-state index contributed by atoms with van der Waals surface area (Å²) in [6.07, 6.45) is -8.55. The molecule has 2 rings (SSSR count). The Hall–Kier alpha value is -1.77. The molecule has 1 aromatic rings. The van der Waals surface area contributed by atoms with Gasteiger partial charge in [-0.15, -0.1) is 0 Å². The molecule has 0 spiro atoms. The molecule has 1 aromatic carbocycles. The molecule has 0 radical (unpaired) electrons. The van der Waals surface area contributed by atoms with Gasteiger partial charge in [-0.3, -0.25) is 4.79 Å². The third kappa shape index (κ3) is 4.75. The Kier molecular flexibility index (Phi) is 5.85. The number of piperidine rings is 1. The van der Waals surface area contributed by atoms with Crippen molar-refractivity contribution in [2.24, 2.45) is 0 Å². The molecule has 3 nitrogen and oxygen atoms in total. The van der Waals surface area contributed by atoms with E-state index < -0.39 is 34.8 Å². The standard InChI is InChI=1S/C18H22F6N2O/c1-16(2,15(27)26(3)14-4-6-25-7-5-14)11-8-12(17(19,20)21)10-13(9-11)18(22,23)24/h8-10,14,25H,4-7H2,1-3H3. The van der Waals surface area contributed by atoms with Gasteiger partial charge in [0.1, 0.15) is 0 Å². The normalized spacial score (nSPS) is 17.1. The zero-order valence-corrected chi connectivity index (χ0v) is 15.3. The van der Waals surface area contributed by atoms with Crippen LogP contribution in [0.5, 0.6) is 0 Å². The molecule has 0 unspecified atom stereocenters. The van der Waals surface area contributed by atoms with Gasteiger partial charge in [0.2, 0.25) is 5.91 Å². The lowest BCUT2D eigenvalue weighted by Crippen LogP contribution is -2.49. The summed E-state index contributed by atoms with van der Waals surface area (Å²) >= 11 is 0. The highest BCUT2D eigenvalue weighted by molar-refractivity contribution is 5.87. The molecule has 152 valence electrons. The number of hydrogen-bond acceptors (Lipinski definition) is 2. The molecule has 0 atom stereocenters. The van der Waals surface area contributed by atoms with Crippen molar-refractivity contribution in [1.82, 2.24) is 10.2 Å². The van der Waals surface area contributed by atoms with Crippen LogP contribution in [-0.2, 0) is 22.6 Å². The molecule has 0 aromatic heterocycles. The predicted octanol–water partition coefficient (Wildman–Crippen LogP) is 4.21. The highest BCUT2D eigenvalue weighted by atomic mass is 19.4. The molecule has 1 heterocycles. The Balaban J connectivity index is 2.45. The van der Waals surface area contributed by atoms with E-state index in [9.17, 15) is 31.1 Å². The van der Waals surface area contributed by atoms with E-state index in [1.165, 1.54) is 18.7 Å². The van der Waals surface area contributed by atoms with Gasteiger partial charge in [-0.1, -0.05) is 0 Å². The number of carbonyl (C=O) groups excluding carboxylic acids is 1. The molecule has 0 saturated carbocycles. The van der Waals surface area contributed by atoms with E-state index in [-0.39, 0.29) is 17.7 Å². The average molecular weight is 396 g/mol. The van der Waals surface area contributed by atoms with Crippen LogP contribution in [0.1, 0.15) is 43.4 Å².